The van der Waals surface area contributed by atoms with E-state index in [9.17, 15) is 0 Å². The maximum absolute atomic E-state index is 3.63. The van der Waals surface area contributed by atoms with E-state index in [1.54, 1.807) is 0 Å². The molecule has 1 fully saturated rings. The number of aromatic amines is 1. The van der Waals surface area contributed by atoms with Crippen molar-refractivity contribution in [3.05, 3.63) is 36.0 Å². The monoisotopic (exact) mass is 257 g/mol. The number of nitrogens with zero attached hydrogens (tertiary/aromatic N) is 1. The highest BCUT2D eigenvalue weighted by atomic mass is 15.5. The van der Waals surface area contributed by atoms with Gasteiger partial charge in [-0.2, -0.15) is 0 Å². The summed E-state index contributed by atoms with van der Waals surface area (Å²) in [7, 11) is 0. The quantitative estimate of drug-likeness (QED) is 0.882. The largest absolute Gasteiger partial charge is 0.361 e. The molecule has 0 amide bonds. The molecule has 2 aromatic rings. The molecule has 1 aliphatic rings. The third-order valence-electron chi connectivity index (χ3n) is 4.32. The molecular weight excluding hydrogens is 234 g/mol. The van der Waals surface area contributed by atoms with Crippen molar-refractivity contribution >= 4 is 10.9 Å². The number of rotatable bonds is 3. The maximum Gasteiger partial charge on any atom is 0.0457 e. The van der Waals surface area contributed by atoms with Gasteiger partial charge in [0.25, 0.3) is 0 Å². The summed E-state index contributed by atoms with van der Waals surface area (Å²) < 4.78 is 0. The van der Waals surface area contributed by atoms with Crippen LogP contribution < -0.4 is 5.43 Å². The van der Waals surface area contributed by atoms with E-state index in [1.807, 2.05) is 0 Å². The normalized spacial score (nSPS) is 24.9. The number of hydrogen-bond acceptors (Lipinski definition) is 2. The lowest BCUT2D eigenvalue weighted by Gasteiger charge is -2.39. The second-order valence-electron chi connectivity index (χ2n) is 5.73. The molecule has 0 spiro atoms. The van der Waals surface area contributed by atoms with Crippen LogP contribution in [0, 0.1) is 0 Å². The molecule has 102 valence electrons. The first-order valence-corrected chi connectivity index (χ1v) is 7.32. The second-order valence-corrected chi connectivity index (χ2v) is 5.73. The van der Waals surface area contributed by atoms with Crippen molar-refractivity contribution in [1.82, 2.24) is 15.4 Å². The van der Waals surface area contributed by atoms with Gasteiger partial charge in [-0.05, 0) is 38.3 Å². The van der Waals surface area contributed by atoms with Crippen LogP contribution >= 0.6 is 0 Å². The molecule has 1 saturated heterocycles. The number of para-hydroxylation sites is 1. The van der Waals surface area contributed by atoms with E-state index in [4.69, 9.17) is 0 Å². The number of hydrogen-bond donors (Lipinski definition) is 2. The molecule has 0 aliphatic carbocycles. The van der Waals surface area contributed by atoms with Crippen LogP contribution in [0.2, 0.25) is 0 Å². The van der Waals surface area contributed by atoms with Gasteiger partial charge in [0, 0.05) is 35.7 Å². The molecule has 2 N–H and O–H groups in total. The summed E-state index contributed by atoms with van der Waals surface area (Å²) in [5.41, 5.74) is 6.20. The van der Waals surface area contributed by atoms with E-state index in [-0.39, 0.29) is 0 Å². The van der Waals surface area contributed by atoms with E-state index >= 15 is 0 Å². The van der Waals surface area contributed by atoms with E-state index in [2.05, 4.69) is 59.7 Å². The molecule has 19 heavy (non-hydrogen) atoms. The van der Waals surface area contributed by atoms with Crippen LogP contribution in [0.25, 0.3) is 10.9 Å². The number of benzene rings is 1. The average Bonchev–Trinajstić information content (AvgIpc) is 2.82. The lowest BCUT2D eigenvalue weighted by atomic mass is 10.00. The van der Waals surface area contributed by atoms with E-state index in [0.717, 1.165) is 6.54 Å². The van der Waals surface area contributed by atoms with E-state index < -0.39 is 0 Å². The van der Waals surface area contributed by atoms with Gasteiger partial charge >= 0.3 is 0 Å². The summed E-state index contributed by atoms with van der Waals surface area (Å²) in [6.07, 6.45) is 6.07. The molecule has 1 aromatic carbocycles. The van der Waals surface area contributed by atoms with Crippen molar-refractivity contribution in [3.8, 4) is 0 Å². The first kappa shape index (κ1) is 12.7. The topological polar surface area (TPSA) is 31.1 Å². The number of fused-ring (bicyclic) bond motifs is 1. The fourth-order valence-corrected chi connectivity index (χ4v) is 3.19. The Morgan fingerprint density at radius 3 is 2.74 bits per heavy atom. The number of piperidine rings is 1. The predicted molar refractivity (Wildman–Crippen MR) is 79.8 cm³/mol. The van der Waals surface area contributed by atoms with Gasteiger partial charge < -0.3 is 4.98 Å². The van der Waals surface area contributed by atoms with Crippen LogP contribution in [-0.4, -0.2) is 22.1 Å². The van der Waals surface area contributed by atoms with Crippen molar-refractivity contribution in [2.75, 3.05) is 0 Å². The van der Waals surface area contributed by atoms with Gasteiger partial charge in [0.2, 0.25) is 0 Å². The van der Waals surface area contributed by atoms with Crippen molar-refractivity contribution in [1.29, 1.82) is 0 Å². The third-order valence-corrected chi connectivity index (χ3v) is 4.32. The van der Waals surface area contributed by atoms with Gasteiger partial charge in [0.15, 0.2) is 0 Å². The van der Waals surface area contributed by atoms with Crippen LogP contribution in [0.3, 0.4) is 0 Å². The molecule has 2 atom stereocenters. The van der Waals surface area contributed by atoms with E-state index in [0.29, 0.717) is 12.1 Å². The first-order chi connectivity index (χ1) is 9.25. The van der Waals surface area contributed by atoms with Crippen molar-refractivity contribution in [2.24, 2.45) is 0 Å². The highest BCUT2D eigenvalue weighted by Crippen LogP contribution is 2.22. The number of nitrogens with one attached hydrogen (secondary N) is 2. The summed E-state index contributed by atoms with van der Waals surface area (Å²) in [5.74, 6) is 0. The summed E-state index contributed by atoms with van der Waals surface area (Å²) >= 11 is 0. The minimum Gasteiger partial charge on any atom is -0.361 e. The fourth-order valence-electron chi connectivity index (χ4n) is 3.19. The smallest absolute Gasteiger partial charge is 0.0457 e. The zero-order valence-electron chi connectivity index (χ0n) is 11.8. The Labute approximate surface area is 115 Å². The first-order valence-electron chi connectivity index (χ1n) is 7.32. The van der Waals surface area contributed by atoms with E-state index in [1.165, 1.54) is 35.7 Å². The van der Waals surface area contributed by atoms with Crippen LogP contribution in [0.1, 0.15) is 38.7 Å². The minimum absolute atomic E-state index is 0.633. The van der Waals surface area contributed by atoms with Crippen LogP contribution in [0.4, 0.5) is 0 Å². The number of H-pyrrole nitrogens is 1. The van der Waals surface area contributed by atoms with Gasteiger partial charge in [0.1, 0.15) is 0 Å². The standard InChI is InChI=1S/C16H23N3/c1-12-6-5-7-13(2)19(12)18-11-14-10-17-16-9-4-3-8-15(14)16/h3-4,8-10,12-13,17-18H,5-7,11H2,1-2H3. The summed E-state index contributed by atoms with van der Waals surface area (Å²) in [4.78, 5) is 3.34. The van der Waals surface area contributed by atoms with Gasteiger partial charge in [-0.25, -0.2) is 5.01 Å². The SMILES string of the molecule is CC1CCCC(C)N1NCc1c[nH]c2ccccc12. The minimum atomic E-state index is 0.633. The number of aromatic nitrogens is 1. The van der Waals surface area contributed by atoms with Gasteiger partial charge in [-0.3, -0.25) is 5.43 Å². The van der Waals surface area contributed by atoms with Gasteiger partial charge in [-0.1, -0.05) is 24.6 Å². The molecule has 2 unspecified atom stereocenters. The van der Waals surface area contributed by atoms with Crippen molar-refractivity contribution in [2.45, 2.75) is 51.7 Å². The third kappa shape index (κ3) is 2.53. The Hall–Kier alpha value is -1.32. The highest BCUT2D eigenvalue weighted by Gasteiger charge is 2.24. The molecule has 0 radical (unpaired) electrons. The van der Waals surface area contributed by atoms with Gasteiger partial charge in [0.05, 0.1) is 0 Å². The molecule has 1 aliphatic heterocycles. The Kier molecular flexibility index (Phi) is 3.58. The van der Waals surface area contributed by atoms with Crippen molar-refractivity contribution < 1.29 is 0 Å². The summed E-state index contributed by atoms with van der Waals surface area (Å²) in [6, 6.07) is 9.76. The van der Waals surface area contributed by atoms with Gasteiger partial charge in [-0.15, -0.1) is 0 Å². The zero-order valence-corrected chi connectivity index (χ0v) is 11.8. The lowest BCUT2D eigenvalue weighted by molar-refractivity contribution is 0.0437. The van der Waals surface area contributed by atoms with Crippen LogP contribution in [-0.2, 0) is 6.54 Å². The molecule has 0 saturated carbocycles. The lowest BCUT2D eigenvalue weighted by Crippen LogP contribution is -2.51. The zero-order chi connectivity index (χ0) is 13.2. The number of hydrazine groups is 1. The molecule has 2 heterocycles. The summed E-state index contributed by atoms with van der Waals surface area (Å²) in [6.45, 7) is 5.54. The Morgan fingerprint density at radius 1 is 1.21 bits per heavy atom. The molecule has 3 nitrogen and oxygen atoms in total. The molecule has 1 aromatic heterocycles. The van der Waals surface area contributed by atoms with Crippen LogP contribution in [0.15, 0.2) is 30.5 Å². The molecule has 3 heteroatoms. The average molecular weight is 257 g/mol. The van der Waals surface area contributed by atoms with Crippen molar-refractivity contribution in [3.63, 3.8) is 0 Å². The fraction of sp³-hybridized carbons (Fsp3) is 0.500. The Balaban J connectivity index is 1.71. The second kappa shape index (κ2) is 5.35. The Bertz CT molecular complexity index is 536. The maximum atomic E-state index is 3.63. The predicted octanol–water partition coefficient (Wildman–Crippen LogP) is 3.44. The Morgan fingerprint density at radius 2 is 1.95 bits per heavy atom. The highest BCUT2D eigenvalue weighted by molar-refractivity contribution is 5.82. The summed E-state index contributed by atoms with van der Waals surface area (Å²) in [5, 5.41) is 3.76. The molecular formula is C16H23N3. The van der Waals surface area contributed by atoms with Crippen LogP contribution in [0.5, 0.6) is 0 Å². The molecule has 3 rings (SSSR count). The molecule has 0 bridgehead atoms.